The van der Waals surface area contributed by atoms with Crippen LogP contribution in [0.5, 0.6) is 5.75 Å². The number of carbonyl (C=O) groups excluding carboxylic acids is 2. The van der Waals surface area contributed by atoms with Crippen LogP contribution in [-0.2, 0) is 19.1 Å². The Morgan fingerprint density at radius 1 is 0.949 bits per heavy atom. The first-order valence-electron chi connectivity index (χ1n) is 12.9. The highest BCUT2D eigenvalue weighted by atomic mass is 16.5. The van der Waals surface area contributed by atoms with E-state index in [1.54, 1.807) is 18.5 Å². The van der Waals surface area contributed by atoms with Gasteiger partial charge in [0, 0.05) is 28.7 Å². The molecular formula is C31H35N3O5. The Hall–Kier alpha value is -4.33. The fourth-order valence-corrected chi connectivity index (χ4v) is 4.82. The lowest BCUT2D eigenvalue weighted by atomic mass is 9.79. The molecule has 4 rings (SSSR count). The second-order valence-corrected chi connectivity index (χ2v) is 10.0. The van der Waals surface area contributed by atoms with E-state index in [4.69, 9.17) is 19.3 Å². The number of aryl methyl sites for hydroxylation is 1. The van der Waals surface area contributed by atoms with Gasteiger partial charge in [-0.15, -0.1) is 0 Å². The number of dihydropyridines is 1. The summed E-state index contributed by atoms with van der Waals surface area (Å²) in [7, 11) is 2.66. The average Bonchev–Trinajstić information content (AvgIpc) is 3.37. The van der Waals surface area contributed by atoms with E-state index in [0.29, 0.717) is 46.3 Å². The van der Waals surface area contributed by atoms with E-state index in [1.807, 2.05) is 61.7 Å². The van der Waals surface area contributed by atoms with Crippen molar-refractivity contribution in [3.63, 3.8) is 0 Å². The van der Waals surface area contributed by atoms with Gasteiger partial charge in [0.2, 0.25) is 0 Å². The highest BCUT2D eigenvalue weighted by Crippen LogP contribution is 2.43. The van der Waals surface area contributed by atoms with Gasteiger partial charge in [0.1, 0.15) is 5.75 Å². The summed E-state index contributed by atoms with van der Waals surface area (Å²) in [6.45, 7) is 10.4. The molecule has 0 atom stereocenters. The number of benzene rings is 2. The third-order valence-electron chi connectivity index (χ3n) is 6.67. The molecule has 8 nitrogen and oxygen atoms in total. The molecule has 0 saturated carbocycles. The number of aromatic nitrogens is 2. The standard InChI is InChI=1S/C31H35N3O5/c1-18(2)17-39-25-14-13-22(15-19(25)3)29-24(16-34(33-29)23-11-9-8-10-12-23)28-26(30(35)37-6)20(4)32-21(5)27(28)31(36)38-7/h8-16,18,28,32H,17H2,1-7H3. The molecule has 0 amide bonds. The van der Waals surface area contributed by atoms with Crippen molar-refractivity contribution < 1.29 is 23.8 Å². The summed E-state index contributed by atoms with van der Waals surface area (Å²) in [6, 6.07) is 15.6. The zero-order valence-electron chi connectivity index (χ0n) is 23.5. The quantitative estimate of drug-likeness (QED) is 0.387. The molecule has 0 unspecified atom stereocenters. The van der Waals surface area contributed by atoms with E-state index in [9.17, 15) is 9.59 Å². The van der Waals surface area contributed by atoms with Crippen molar-refractivity contribution >= 4 is 11.9 Å². The minimum absolute atomic E-state index is 0.325. The minimum Gasteiger partial charge on any atom is -0.493 e. The molecule has 0 radical (unpaired) electrons. The highest BCUT2D eigenvalue weighted by molar-refractivity contribution is 6.00. The third-order valence-corrected chi connectivity index (χ3v) is 6.67. The summed E-state index contributed by atoms with van der Waals surface area (Å²) < 4.78 is 18.1. The van der Waals surface area contributed by atoms with E-state index in [0.717, 1.165) is 22.6 Å². The first-order chi connectivity index (χ1) is 18.7. The third kappa shape index (κ3) is 5.60. The molecule has 39 heavy (non-hydrogen) atoms. The summed E-state index contributed by atoms with van der Waals surface area (Å²) in [5.41, 5.74) is 5.79. The Kier molecular flexibility index (Phi) is 8.24. The van der Waals surface area contributed by atoms with Crippen LogP contribution in [0.15, 0.2) is 77.3 Å². The monoisotopic (exact) mass is 529 g/mol. The van der Waals surface area contributed by atoms with Gasteiger partial charge in [-0.3, -0.25) is 0 Å². The second-order valence-electron chi connectivity index (χ2n) is 10.0. The number of rotatable bonds is 8. The lowest BCUT2D eigenvalue weighted by molar-refractivity contribution is -0.137. The van der Waals surface area contributed by atoms with Gasteiger partial charge >= 0.3 is 11.9 Å². The Labute approximate surface area is 229 Å². The van der Waals surface area contributed by atoms with Crippen LogP contribution in [0.25, 0.3) is 16.9 Å². The molecule has 8 heteroatoms. The topological polar surface area (TPSA) is 91.7 Å². The van der Waals surface area contributed by atoms with E-state index < -0.39 is 17.9 Å². The molecule has 0 saturated heterocycles. The van der Waals surface area contributed by atoms with Crippen LogP contribution in [0.4, 0.5) is 0 Å². The van der Waals surface area contributed by atoms with Crippen LogP contribution >= 0.6 is 0 Å². The molecule has 1 aromatic heterocycles. The maximum atomic E-state index is 13.1. The number of methoxy groups -OCH3 is 2. The molecule has 1 N–H and O–H groups in total. The molecule has 0 aliphatic carbocycles. The van der Waals surface area contributed by atoms with Crippen molar-refractivity contribution in [2.45, 2.75) is 40.5 Å². The van der Waals surface area contributed by atoms with Crippen LogP contribution in [0, 0.1) is 12.8 Å². The number of nitrogens with zero attached hydrogens (tertiary/aromatic N) is 2. The van der Waals surface area contributed by atoms with Crippen molar-refractivity contribution in [1.82, 2.24) is 15.1 Å². The molecule has 2 heterocycles. The zero-order chi connectivity index (χ0) is 28.3. The van der Waals surface area contributed by atoms with Crippen LogP contribution in [-0.4, -0.2) is 42.5 Å². The summed E-state index contributed by atoms with van der Waals surface area (Å²) in [5, 5.41) is 8.13. The van der Waals surface area contributed by atoms with E-state index in [-0.39, 0.29) is 0 Å². The van der Waals surface area contributed by atoms with Gasteiger partial charge in [0.25, 0.3) is 0 Å². The predicted octanol–water partition coefficient (Wildman–Crippen LogP) is 5.46. The summed E-state index contributed by atoms with van der Waals surface area (Å²) in [5.74, 6) is -0.640. The number of esters is 2. The number of nitrogens with one attached hydrogen (secondary N) is 1. The maximum absolute atomic E-state index is 13.1. The molecule has 0 spiro atoms. The van der Waals surface area contributed by atoms with Crippen molar-refractivity contribution in [3.8, 4) is 22.7 Å². The first-order valence-corrected chi connectivity index (χ1v) is 12.9. The van der Waals surface area contributed by atoms with Crippen molar-refractivity contribution in [3.05, 3.63) is 88.4 Å². The Balaban J connectivity index is 1.97. The zero-order valence-corrected chi connectivity index (χ0v) is 23.5. The Morgan fingerprint density at radius 2 is 1.56 bits per heavy atom. The molecule has 1 aliphatic heterocycles. The van der Waals surface area contributed by atoms with Gasteiger partial charge in [-0.25, -0.2) is 14.3 Å². The van der Waals surface area contributed by atoms with Gasteiger partial charge in [0.05, 0.1) is 49.3 Å². The molecule has 204 valence electrons. The van der Waals surface area contributed by atoms with E-state index in [2.05, 4.69) is 19.2 Å². The second kappa shape index (κ2) is 11.6. The van der Waals surface area contributed by atoms with Crippen molar-refractivity contribution in [2.24, 2.45) is 5.92 Å². The van der Waals surface area contributed by atoms with Crippen molar-refractivity contribution in [2.75, 3.05) is 20.8 Å². The number of hydrogen-bond donors (Lipinski definition) is 1. The normalized spacial score (nSPS) is 13.9. The summed E-state index contributed by atoms with van der Waals surface area (Å²) in [4.78, 5) is 26.3. The number of carbonyl (C=O) groups is 2. The maximum Gasteiger partial charge on any atom is 0.336 e. The Morgan fingerprint density at radius 3 is 2.10 bits per heavy atom. The predicted molar refractivity (Wildman–Crippen MR) is 149 cm³/mol. The largest absolute Gasteiger partial charge is 0.493 e. The van der Waals surface area contributed by atoms with Gasteiger partial charge in [-0.2, -0.15) is 5.10 Å². The number of allylic oxidation sites excluding steroid dienone is 2. The Bertz CT molecular complexity index is 1410. The number of ether oxygens (including phenoxy) is 3. The summed E-state index contributed by atoms with van der Waals surface area (Å²) >= 11 is 0. The van der Waals surface area contributed by atoms with Gasteiger partial charge in [0.15, 0.2) is 0 Å². The summed E-state index contributed by atoms with van der Waals surface area (Å²) in [6.07, 6.45) is 1.87. The van der Waals surface area contributed by atoms with Gasteiger partial charge in [-0.1, -0.05) is 32.0 Å². The van der Waals surface area contributed by atoms with Gasteiger partial charge < -0.3 is 19.5 Å². The van der Waals surface area contributed by atoms with Crippen LogP contribution in [0.1, 0.15) is 44.7 Å². The SMILES string of the molecule is COC(=O)C1=C(C)NC(C)=C(C(=O)OC)C1c1cn(-c2ccccc2)nc1-c1ccc(OCC(C)C)c(C)c1. The smallest absolute Gasteiger partial charge is 0.336 e. The number of para-hydroxylation sites is 1. The molecule has 1 aliphatic rings. The first kappa shape index (κ1) is 27.7. The fraction of sp³-hybridized carbons (Fsp3) is 0.323. The van der Waals surface area contributed by atoms with Gasteiger partial charge in [-0.05, 0) is 62.6 Å². The van der Waals surface area contributed by atoms with Crippen molar-refractivity contribution in [1.29, 1.82) is 0 Å². The number of hydrogen-bond acceptors (Lipinski definition) is 7. The average molecular weight is 530 g/mol. The van der Waals surface area contributed by atoms with Crippen LogP contribution in [0.2, 0.25) is 0 Å². The highest BCUT2D eigenvalue weighted by Gasteiger charge is 2.40. The molecular weight excluding hydrogens is 494 g/mol. The van der Waals surface area contributed by atoms with Crippen LogP contribution < -0.4 is 10.1 Å². The van der Waals surface area contributed by atoms with E-state index >= 15 is 0 Å². The lowest BCUT2D eigenvalue weighted by Crippen LogP contribution is -2.32. The molecule has 2 aromatic carbocycles. The van der Waals surface area contributed by atoms with E-state index in [1.165, 1.54) is 14.2 Å². The lowest BCUT2D eigenvalue weighted by Gasteiger charge is -2.29. The minimum atomic E-state index is -0.768. The van der Waals surface area contributed by atoms with Crippen LogP contribution in [0.3, 0.4) is 0 Å². The molecule has 0 bridgehead atoms. The molecule has 3 aromatic rings. The molecule has 0 fully saturated rings. The fourth-order valence-electron chi connectivity index (χ4n) is 4.82.